The molecule has 1 atom stereocenters. The second-order valence-corrected chi connectivity index (χ2v) is 14.1. The van der Waals surface area contributed by atoms with Crippen LogP contribution in [0.1, 0.15) is 59.7 Å². The number of carbonyl (C=O) groups is 4. The molecule has 1 unspecified atom stereocenters. The monoisotopic (exact) mass is 751 g/mol. The van der Waals surface area contributed by atoms with E-state index in [-0.39, 0.29) is 66.9 Å². The van der Waals surface area contributed by atoms with Gasteiger partial charge in [0.05, 0.1) is 11.3 Å². The first-order chi connectivity index (χ1) is 26.4. The summed E-state index contributed by atoms with van der Waals surface area (Å²) < 4.78 is 6.74. The SMILES string of the molecule is CC(C)c1cc(-c2n[nH]c(=O)n2-c2ccc(CN3CCN(C(=N)COC(=O)Nc4cccc5c4CN(C4CCC(=O)NC4=O)C5=O)CC3)cc2)c(O)cc1O. The molecule has 4 aromatic rings. The van der Waals surface area contributed by atoms with Crippen LogP contribution in [0, 0.1) is 5.41 Å². The lowest BCUT2D eigenvalue weighted by atomic mass is 9.98. The van der Waals surface area contributed by atoms with E-state index in [9.17, 15) is 34.2 Å². The highest BCUT2D eigenvalue weighted by Gasteiger charge is 2.40. The normalized spacial score (nSPS) is 17.4. The molecule has 7 rings (SSSR count). The second kappa shape index (κ2) is 15.1. The van der Waals surface area contributed by atoms with Gasteiger partial charge in [0.1, 0.15) is 23.4 Å². The molecule has 2 fully saturated rings. The number of H-pyrrole nitrogens is 1. The molecule has 0 bridgehead atoms. The number of anilines is 1. The smallest absolute Gasteiger partial charge is 0.412 e. The lowest BCUT2D eigenvalue weighted by Crippen LogP contribution is -2.52. The summed E-state index contributed by atoms with van der Waals surface area (Å²) >= 11 is 0. The van der Waals surface area contributed by atoms with Crippen LogP contribution in [0.15, 0.2) is 59.4 Å². The number of piperazine rings is 1. The summed E-state index contributed by atoms with van der Waals surface area (Å²) in [7, 11) is 0. The molecule has 3 aromatic carbocycles. The van der Waals surface area contributed by atoms with Crippen molar-refractivity contribution in [2.45, 2.75) is 51.7 Å². The highest BCUT2D eigenvalue weighted by atomic mass is 16.5. The van der Waals surface area contributed by atoms with Crippen molar-refractivity contribution in [3.63, 3.8) is 0 Å². The number of benzene rings is 3. The Bertz CT molecular complexity index is 2240. The minimum Gasteiger partial charge on any atom is -0.508 e. The molecule has 2 saturated heterocycles. The van der Waals surface area contributed by atoms with Crippen LogP contribution in [-0.4, -0.2) is 108 Å². The molecule has 1 aromatic heterocycles. The van der Waals surface area contributed by atoms with Crippen LogP contribution in [0.4, 0.5) is 10.5 Å². The number of imide groups is 1. The third-order valence-corrected chi connectivity index (χ3v) is 10.2. The molecule has 0 radical (unpaired) electrons. The van der Waals surface area contributed by atoms with Gasteiger partial charge in [-0.2, -0.15) is 5.10 Å². The largest absolute Gasteiger partial charge is 0.508 e. The number of carbonyl (C=O) groups excluding carboxylic acids is 4. The van der Waals surface area contributed by atoms with Crippen molar-refractivity contribution in [2.75, 3.05) is 38.1 Å². The fourth-order valence-corrected chi connectivity index (χ4v) is 7.21. The standard InChI is InChI=1S/C38H41N9O8/c1-21(2)25-16-26(31(49)17-30(25)48)34-42-43-37(53)47(34)23-8-6-22(7-9-23)18-44-12-14-45(15-13-44)32(39)20-55-38(54)40-28-5-3-4-24-27(28)19-46(36(24)52)29-10-11-33(50)41-35(29)51/h3-9,16-17,21,29,39,48-49H,10-15,18-20H2,1-2H3,(H,40,54)(H,43,53)(H,41,50,51). The van der Waals surface area contributed by atoms with Gasteiger partial charge in [-0.3, -0.25) is 35.3 Å². The van der Waals surface area contributed by atoms with Crippen molar-refractivity contribution >= 4 is 35.3 Å². The van der Waals surface area contributed by atoms with Gasteiger partial charge in [0.25, 0.3) is 5.91 Å². The van der Waals surface area contributed by atoms with Crippen LogP contribution in [-0.2, 0) is 27.4 Å². The maximum Gasteiger partial charge on any atom is 0.412 e. The summed E-state index contributed by atoms with van der Waals surface area (Å²) in [5.74, 6) is -1.13. The summed E-state index contributed by atoms with van der Waals surface area (Å²) in [6, 6.07) is 14.4. The van der Waals surface area contributed by atoms with Gasteiger partial charge in [0.2, 0.25) is 11.8 Å². The van der Waals surface area contributed by atoms with Gasteiger partial charge in [0, 0.05) is 68.6 Å². The van der Waals surface area contributed by atoms with Gasteiger partial charge in [-0.25, -0.2) is 19.3 Å². The van der Waals surface area contributed by atoms with Crippen molar-refractivity contribution in [1.82, 2.24) is 34.8 Å². The topological polar surface area (TPSA) is 226 Å². The number of amidine groups is 1. The van der Waals surface area contributed by atoms with E-state index in [0.29, 0.717) is 66.4 Å². The van der Waals surface area contributed by atoms with E-state index in [0.717, 1.165) is 5.56 Å². The molecule has 0 aliphatic carbocycles. The van der Waals surface area contributed by atoms with Crippen molar-refractivity contribution in [1.29, 1.82) is 5.41 Å². The van der Waals surface area contributed by atoms with Crippen LogP contribution < -0.4 is 16.3 Å². The zero-order valence-corrected chi connectivity index (χ0v) is 30.3. The van der Waals surface area contributed by atoms with Gasteiger partial charge in [0.15, 0.2) is 12.4 Å². The highest BCUT2D eigenvalue weighted by molar-refractivity contribution is 6.06. The number of hydrogen-bond donors (Lipinski definition) is 6. The van der Waals surface area contributed by atoms with Gasteiger partial charge in [-0.15, -0.1) is 0 Å². The molecule has 55 heavy (non-hydrogen) atoms. The van der Waals surface area contributed by atoms with Crippen LogP contribution in [0.25, 0.3) is 17.1 Å². The van der Waals surface area contributed by atoms with E-state index >= 15 is 0 Å². The van der Waals surface area contributed by atoms with Gasteiger partial charge in [-0.1, -0.05) is 32.0 Å². The molecule has 286 valence electrons. The molecule has 4 heterocycles. The summed E-state index contributed by atoms with van der Waals surface area (Å²) in [5, 5.41) is 41.0. The number of fused-ring (bicyclic) bond motifs is 1. The van der Waals surface area contributed by atoms with Crippen LogP contribution in [0.2, 0.25) is 0 Å². The van der Waals surface area contributed by atoms with Gasteiger partial charge in [-0.05, 0) is 53.8 Å². The number of aromatic amines is 1. The fraction of sp³-hybridized carbons (Fsp3) is 0.342. The molecule has 17 nitrogen and oxygen atoms in total. The number of piperidine rings is 1. The number of rotatable bonds is 9. The Kier molecular flexibility index (Phi) is 10.1. The fourth-order valence-electron chi connectivity index (χ4n) is 7.21. The summed E-state index contributed by atoms with van der Waals surface area (Å²) in [4.78, 5) is 68.2. The molecule has 6 N–H and O–H groups in total. The molecular formula is C38H41N9O8. The molecule has 3 aliphatic heterocycles. The molecule has 17 heteroatoms. The Morgan fingerprint density at radius 1 is 1.00 bits per heavy atom. The number of hydrogen-bond acceptors (Lipinski definition) is 11. The minimum absolute atomic E-state index is 0.0227. The molecule has 0 spiro atoms. The van der Waals surface area contributed by atoms with Gasteiger partial charge >= 0.3 is 11.8 Å². The van der Waals surface area contributed by atoms with Crippen LogP contribution >= 0.6 is 0 Å². The Hall–Kier alpha value is -6.49. The first-order valence-corrected chi connectivity index (χ1v) is 18.0. The van der Waals surface area contributed by atoms with Crippen molar-refractivity contribution < 1.29 is 34.1 Å². The molecule has 3 aliphatic rings. The Morgan fingerprint density at radius 3 is 2.45 bits per heavy atom. The third kappa shape index (κ3) is 7.50. The lowest BCUT2D eigenvalue weighted by molar-refractivity contribution is -0.136. The zero-order chi connectivity index (χ0) is 39.0. The highest BCUT2D eigenvalue weighted by Crippen LogP contribution is 2.37. The number of nitrogens with zero attached hydrogens (tertiary/aromatic N) is 5. The van der Waals surface area contributed by atoms with Crippen LogP contribution in [0.3, 0.4) is 0 Å². The maximum absolute atomic E-state index is 13.1. The van der Waals surface area contributed by atoms with E-state index < -0.39 is 23.7 Å². The lowest BCUT2D eigenvalue weighted by Gasteiger charge is -2.36. The van der Waals surface area contributed by atoms with E-state index in [4.69, 9.17) is 10.1 Å². The van der Waals surface area contributed by atoms with Crippen molar-refractivity contribution in [2.24, 2.45) is 0 Å². The number of phenols is 2. The molecule has 0 saturated carbocycles. The zero-order valence-electron chi connectivity index (χ0n) is 30.3. The molecular weight excluding hydrogens is 710 g/mol. The average molecular weight is 752 g/mol. The number of aromatic hydroxyl groups is 2. The first-order valence-electron chi connectivity index (χ1n) is 18.0. The van der Waals surface area contributed by atoms with Gasteiger partial charge < -0.3 is 24.7 Å². The number of phenolic OH excluding ortho intramolecular Hbond substituents is 2. The Labute approximate surface area is 315 Å². The van der Waals surface area contributed by atoms with Crippen molar-refractivity contribution in [3.05, 3.63) is 87.3 Å². The third-order valence-electron chi connectivity index (χ3n) is 10.2. The summed E-state index contributed by atoms with van der Waals surface area (Å²) in [6.07, 6.45) is -0.414. The summed E-state index contributed by atoms with van der Waals surface area (Å²) in [6.45, 7) is 6.73. The predicted molar refractivity (Wildman–Crippen MR) is 199 cm³/mol. The quantitative estimate of drug-likeness (QED) is 0.0828. The number of amides is 4. The molecule has 4 amide bonds. The first kappa shape index (κ1) is 36.9. The maximum atomic E-state index is 13.1. The summed E-state index contributed by atoms with van der Waals surface area (Å²) in [5.41, 5.74) is 3.30. The number of ether oxygens (including phenoxy) is 1. The van der Waals surface area contributed by atoms with E-state index in [1.807, 2.05) is 30.9 Å². The van der Waals surface area contributed by atoms with Crippen LogP contribution in [0.5, 0.6) is 11.5 Å². The average Bonchev–Trinajstić information content (AvgIpc) is 3.70. The number of nitrogens with one attached hydrogen (secondary N) is 4. The second-order valence-electron chi connectivity index (χ2n) is 14.1. The van der Waals surface area contributed by atoms with E-state index in [1.54, 1.807) is 36.4 Å². The van der Waals surface area contributed by atoms with E-state index in [1.165, 1.54) is 15.5 Å². The van der Waals surface area contributed by atoms with Crippen molar-refractivity contribution in [3.8, 4) is 28.6 Å². The number of aromatic nitrogens is 3. The minimum atomic E-state index is -0.780. The predicted octanol–water partition coefficient (Wildman–Crippen LogP) is 2.87. The Balaban J connectivity index is 0.899. The van der Waals surface area contributed by atoms with E-state index in [2.05, 4.69) is 25.7 Å². The Morgan fingerprint density at radius 2 is 1.75 bits per heavy atom.